The van der Waals surface area contributed by atoms with Gasteiger partial charge in [0.05, 0.1) is 19.3 Å². The zero-order valence-corrected chi connectivity index (χ0v) is 14.1. The molecule has 1 aliphatic heterocycles. The van der Waals surface area contributed by atoms with Crippen molar-refractivity contribution in [1.29, 1.82) is 0 Å². The van der Waals surface area contributed by atoms with Crippen LogP contribution in [-0.2, 0) is 11.2 Å². The number of ether oxygens (including phenoxy) is 1. The molecule has 2 atom stereocenters. The first-order valence-electron chi connectivity index (χ1n) is 8.84. The maximum Gasteiger partial charge on any atom is 0.409 e. The Morgan fingerprint density at radius 2 is 2.09 bits per heavy atom. The van der Waals surface area contributed by atoms with Gasteiger partial charge < -0.3 is 14.7 Å². The van der Waals surface area contributed by atoms with Crippen LogP contribution in [0.3, 0.4) is 0 Å². The second kappa shape index (κ2) is 9.56. The minimum atomic E-state index is -0.432. The summed E-state index contributed by atoms with van der Waals surface area (Å²) < 4.78 is 5.22. The molecule has 1 N–H and O–H groups in total. The van der Waals surface area contributed by atoms with Gasteiger partial charge in [-0.1, -0.05) is 43.7 Å². The molecule has 4 heteroatoms. The predicted molar refractivity (Wildman–Crippen MR) is 91.3 cm³/mol. The maximum absolute atomic E-state index is 11.9. The number of nitrogens with zero attached hydrogens (tertiary/aromatic N) is 1. The van der Waals surface area contributed by atoms with Gasteiger partial charge in [-0.05, 0) is 43.6 Å². The highest BCUT2D eigenvalue weighted by molar-refractivity contribution is 5.67. The number of amides is 1. The van der Waals surface area contributed by atoms with Gasteiger partial charge in [0, 0.05) is 6.54 Å². The minimum absolute atomic E-state index is 0.278. The van der Waals surface area contributed by atoms with Crippen molar-refractivity contribution in [3.8, 4) is 0 Å². The number of carbonyl (C=O) groups is 1. The number of aliphatic hydroxyl groups is 1. The van der Waals surface area contributed by atoms with Crippen molar-refractivity contribution in [2.45, 2.75) is 51.6 Å². The van der Waals surface area contributed by atoms with Gasteiger partial charge in [-0.3, -0.25) is 0 Å². The Morgan fingerprint density at radius 3 is 2.78 bits per heavy atom. The van der Waals surface area contributed by atoms with Gasteiger partial charge in [0.1, 0.15) is 0 Å². The van der Waals surface area contributed by atoms with E-state index in [1.807, 2.05) is 6.07 Å². The Bertz CT molecular complexity index is 463. The summed E-state index contributed by atoms with van der Waals surface area (Å²) in [6, 6.07) is 10.4. The van der Waals surface area contributed by atoms with Gasteiger partial charge in [-0.25, -0.2) is 4.79 Å². The van der Waals surface area contributed by atoms with Crippen LogP contribution in [0.4, 0.5) is 4.79 Å². The molecule has 2 rings (SSSR count). The average Bonchev–Trinajstić information content (AvgIpc) is 2.57. The lowest BCUT2D eigenvalue weighted by atomic mass is 9.88. The topological polar surface area (TPSA) is 49.8 Å². The first kappa shape index (κ1) is 17.8. The van der Waals surface area contributed by atoms with Crippen molar-refractivity contribution in [2.24, 2.45) is 5.92 Å². The number of aliphatic hydroxyl groups excluding tert-OH is 1. The zero-order valence-electron chi connectivity index (χ0n) is 14.1. The molecule has 1 fully saturated rings. The van der Waals surface area contributed by atoms with Crippen LogP contribution >= 0.6 is 0 Å². The van der Waals surface area contributed by atoms with Crippen LogP contribution in [-0.4, -0.2) is 41.9 Å². The molecule has 0 aromatic heterocycles. The number of carbonyl (C=O) groups excluding carboxylic acids is 1. The number of benzene rings is 1. The van der Waals surface area contributed by atoms with Crippen LogP contribution in [0.1, 0.15) is 44.6 Å². The van der Waals surface area contributed by atoms with Crippen LogP contribution in [0, 0.1) is 5.92 Å². The number of hydrogen-bond acceptors (Lipinski definition) is 3. The number of piperidine rings is 1. The van der Waals surface area contributed by atoms with Crippen molar-refractivity contribution in [3.05, 3.63) is 35.9 Å². The van der Waals surface area contributed by atoms with Crippen LogP contribution in [0.25, 0.3) is 0 Å². The van der Waals surface area contributed by atoms with E-state index in [0.29, 0.717) is 25.6 Å². The summed E-state index contributed by atoms with van der Waals surface area (Å²) in [6.07, 6.45) is 5.19. The lowest BCUT2D eigenvalue weighted by molar-refractivity contribution is 0.0120. The lowest BCUT2D eigenvalue weighted by Gasteiger charge is -2.35. The molecule has 128 valence electrons. The Morgan fingerprint density at radius 1 is 1.30 bits per heavy atom. The molecule has 1 aromatic carbocycles. The van der Waals surface area contributed by atoms with Crippen LogP contribution in [0.5, 0.6) is 0 Å². The molecule has 1 aliphatic rings. The Labute approximate surface area is 139 Å². The average molecular weight is 319 g/mol. The van der Waals surface area contributed by atoms with E-state index in [-0.39, 0.29) is 6.09 Å². The standard InChI is InChI=1S/C19H29NO3/c1-2-3-14-23-19(22)20-13-12-17(18(21)15-20)11-7-10-16-8-5-4-6-9-16/h4-6,8-9,17-18,21H,2-3,7,10-15H2,1H3/t17-,18-/m0/s1. The normalized spacial score (nSPS) is 21.2. The van der Waals surface area contributed by atoms with Gasteiger partial charge in [-0.2, -0.15) is 0 Å². The monoisotopic (exact) mass is 319 g/mol. The van der Waals surface area contributed by atoms with Crippen molar-refractivity contribution >= 4 is 6.09 Å². The van der Waals surface area contributed by atoms with Crippen molar-refractivity contribution in [2.75, 3.05) is 19.7 Å². The molecular weight excluding hydrogens is 290 g/mol. The van der Waals surface area contributed by atoms with E-state index in [2.05, 4.69) is 31.2 Å². The van der Waals surface area contributed by atoms with E-state index in [4.69, 9.17) is 4.74 Å². The maximum atomic E-state index is 11.9. The zero-order chi connectivity index (χ0) is 16.5. The van der Waals surface area contributed by atoms with E-state index in [1.54, 1.807) is 4.90 Å². The Hall–Kier alpha value is -1.55. The van der Waals surface area contributed by atoms with Gasteiger partial charge in [0.25, 0.3) is 0 Å². The highest BCUT2D eigenvalue weighted by Gasteiger charge is 2.30. The number of aryl methyl sites for hydroxylation is 1. The minimum Gasteiger partial charge on any atom is -0.449 e. The molecule has 1 saturated heterocycles. The molecule has 4 nitrogen and oxygen atoms in total. The fraction of sp³-hybridized carbons (Fsp3) is 0.632. The smallest absolute Gasteiger partial charge is 0.409 e. The molecule has 1 amide bonds. The van der Waals surface area contributed by atoms with Gasteiger partial charge in [0.2, 0.25) is 0 Å². The number of likely N-dealkylation sites (tertiary alicyclic amines) is 1. The third-order valence-corrected chi connectivity index (χ3v) is 4.59. The predicted octanol–water partition coefficient (Wildman–Crippen LogP) is 3.63. The summed E-state index contributed by atoms with van der Waals surface area (Å²) in [4.78, 5) is 13.6. The van der Waals surface area contributed by atoms with Crippen molar-refractivity contribution in [3.63, 3.8) is 0 Å². The van der Waals surface area contributed by atoms with E-state index >= 15 is 0 Å². The highest BCUT2D eigenvalue weighted by atomic mass is 16.6. The van der Waals surface area contributed by atoms with Crippen LogP contribution < -0.4 is 0 Å². The second-order valence-electron chi connectivity index (χ2n) is 6.41. The fourth-order valence-electron chi connectivity index (χ4n) is 3.09. The highest BCUT2D eigenvalue weighted by Crippen LogP contribution is 2.24. The Kier molecular flexibility index (Phi) is 7.40. The number of unbranched alkanes of at least 4 members (excludes halogenated alkanes) is 1. The third-order valence-electron chi connectivity index (χ3n) is 4.59. The van der Waals surface area contributed by atoms with Crippen molar-refractivity contribution in [1.82, 2.24) is 4.90 Å². The molecule has 0 saturated carbocycles. The largest absolute Gasteiger partial charge is 0.449 e. The fourth-order valence-corrected chi connectivity index (χ4v) is 3.09. The number of hydrogen-bond donors (Lipinski definition) is 1. The molecule has 1 aromatic rings. The van der Waals surface area contributed by atoms with Crippen molar-refractivity contribution < 1.29 is 14.6 Å². The van der Waals surface area contributed by atoms with Crippen LogP contribution in [0.2, 0.25) is 0 Å². The van der Waals surface area contributed by atoms with E-state index in [0.717, 1.165) is 38.5 Å². The van der Waals surface area contributed by atoms with Crippen LogP contribution in [0.15, 0.2) is 30.3 Å². The first-order chi connectivity index (χ1) is 11.2. The summed E-state index contributed by atoms with van der Waals surface area (Å²) in [5, 5.41) is 10.3. The summed E-state index contributed by atoms with van der Waals surface area (Å²) in [5.74, 6) is 0.290. The molecule has 0 bridgehead atoms. The summed E-state index contributed by atoms with van der Waals surface area (Å²) in [5.41, 5.74) is 1.35. The molecule has 0 aliphatic carbocycles. The summed E-state index contributed by atoms with van der Waals surface area (Å²) in [6.45, 7) is 3.64. The van der Waals surface area contributed by atoms with Gasteiger partial charge >= 0.3 is 6.09 Å². The number of rotatable bonds is 7. The molecule has 1 heterocycles. The molecule has 0 spiro atoms. The van der Waals surface area contributed by atoms with E-state index in [1.165, 1.54) is 5.56 Å². The lowest BCUT2D eigenvalue weighted by Crippen LogP contribution is -2.46. The van der Waals surface area contributed by atoms with Gasteiger partial charge in [-0.15, -0.1) is 0 Å². The first-order valence-corrected chi connectivity index (χ1v) is 8.84. The summed E-state index contributed by atoms with van der Waals surface area (Å²) >= 11 is 0. The quantitative estimate of drug-likeness (QED) is 0.781. The van der Waals surface area contributed by atoms with E-state index < -0.39 is 6.10 Å². The molecular formula is C19H29NO3. The summed E-state index contributed by atoms with van der Waals surface area (Å²) in [7, 11) is 0. The SMILES string of the molecule is CCCCOC(=O)N1CC[C@H](CCCc2ccccc2)[C@@H](O)C1. The number of β-amino-alcohol motifs (C(OH)–C–C–N with tert-alkyl or cyclic N) is 1. The third kappa shape index (κ3) is 5.87. The molecule has 0 unspecified atom stereocenters. The molecule has 0 radical (unpaired) electrons. The van der Waals surface area contributed by atoms with Gasteiger partial charge in [0.15, 0.2) is 0 Å². The molecule has 23 heavy (non-hydrogen) atoms. The second-order valence-corrected chi connectivity index (χ2v) is 6.41. The van der Waals surface area contributed by atoms with E-state index in [9.17, 15) is 9.90 Å². The Balaban J connectivity index is 1.68.